The fourth-order valence-electron chi connectivity index (χ4n) is 0.910. The van der Waals surface area contributed by atoms with Crippen molar-refractivity contribution in [1.82, 2.24) is 0 Å². The van der Waals surface area contributed by atoms with Gasteiger partial charge in [-0.1, -0.05) is 26.2 Å². The molecule has 0 aliphatic carbocycles. The highest BCUT2D eigenvalue weighted by atomic mass is 16.5. The van der Waals surface area contributed by atoms with E-state index in [9.17, 15) is 4.79 Å². The molecule has 2 nitrogen and oxygen atoms in total. The minimum Gasteiger partial charge on any atom is -0.465 e. The molecule has 2 heteroatoms. The highest BCUT2D eigenvalue weighted by molar-refractivity contribution is 5.75. The van der Waals surface area contributed by atoms with Gasteiger partial charge in [0, 0.05) is 0 Å². The standard InChI is InChI=1S/C11H22O2/c1-5-6-7-8-9-13-10(12)11(2,3)4/h5-9H2,1-4H3. The first-order valence-electron chi connectivity index (χ1n) is 5.15. The summed E-state index contributed by atoms with van der Waals surface area (Å²) < 4.78 is 5.11. The van der Waals surface area contributed by atoms with Crippen LogP contribution >= 0.6 is 0 Å². The van der Waals surface area contributed by atoms with Crippen LogP contribution in [0.4, 0.5) is 0 Å². The minimum atomic E-state index is -0.356. The normalized spacial score (nSPS) is 11.4. The van der Waals surface area contributed by atoms with Gasteiger partial charge in [-0.3, -0.25) is 4.79 Å². The third-order valence-corrected chi connectivity index (χ3v) is 1.84. The van der Waals surface area contributed by atoms with Crippen molar-refractivity contribution in [2.24, 2.45) is 5.41 Å². The number of carbonyl (C=O) groups excluding carboxylic acids is 1. The number of carbonyl (C=O) groups is 1. The lowest BCUT2D eigenvalue weighted by molar-refractivity contribution is -0.153. The van der Waals surface area contributed by atoms with Crippen LogP contribution in [0.5, 0.6) is 0 Å². The van der Waals surface area contributed by atoms with Gasteiger partial charge in [-0.15, -0.1) is 0 Å². The van der Waals surface area contributed by atoms with E-state index in [0.717, 1.165) is 12.8 Å². The average Bonchev–Trinajstić information content (AvgIpc) is 2.02. The van der Waals surface area contributed by atoms with Crippen molar-refractivity contribution in [3.05, 3.63) is 0 Å². The van der Waals surface area contributed by atoms with E-state index in [2.05, 4.69) is 6.92 Å². The van der Waals surface area contributed by atoms with Gasteiger partial charge in [-0.05, 0) is 27.2 Å². The Morgan fingerprint density at radius 1 is 1.15 bits per heavy atom. The van der Waals surface area contributed by atoms with Gasteiger partial charge in [0.25, 0.3) is 0 Å². The molecular weight excluding hydrogens is 164 g/mol. The van der Waals surface area contributed by atoms with Crippen LogP contribution in [0, 0.1) is 5.41 Å². The first-order chi connectivity index (χ1) is 5.98. The molecule has 0 aromatic rings. The molecule has 0 saturated carbocycles. The van der Waals surface area contributed by atoms with Crippen molar-refractivity contribution in [2.45, 2.75) is 53.4 Å². The van der Waals surface area contributed by atoms with Crippen LogP contribution in [-0.4, -0.2) is 12.6 Å². The lowest BCUT2D eigenvalue weighted by atomic mass is 9.97. The Labute approximate surface area is 81.7 Å². The van der Waals surface area contributed by atoms with Crippen LogP contribution < -0.4 is 0 Å². The van der Waals surface area contributed by atoms with Crippen molar-refractivity contribution in [2.75, 3.05) is 6.61 Å². The molecule has 0 aliphatic rings. The van der Waals surface area contributed by atoms with E-state index < -0.39 is 0 Å². The summed E-state index contributed by atoms with van der Waals surface area (Å²) >= 11 is 0. The predicted octanol–water partition coefficient (Wildman–Crippen LogP) is 3.16. The molecule has 0 aromatic carbocycles. The van der Waals surface area contributed by atoms with Crippen LogP contribution in [0.3, 0.4) is 0 Å². The second kappa shape index (κ2) is 6.01. The predicted molar refractivity (Wildman–Crippen MR) is 54.6 cm³/mol. The quantitative estimate of drug-likeness (QED) is 0.487. The molecule has 0 radical (unpaired) electrons. The summed E-state index contributed by atoms with van der Waals surface area (Å²) in [5.74, 6) is -0.0935. The third-order valence-electron chi connectivity index (χ3n) is 1.84. The maximum absolute atomic E-state index is 11.3. The Morgan fingerprint density at radius 2 is 1.77 bits per heavy atom. The number of unbranched alkanes of at least 4 members (excludes halogenated alkanes) is 3. The maximum atomic E-state index is 11.3. The van der Waals surface area contributed by atoms with E-state index in [4.69, 9.17) is 4.74 Å². The molecule has 0 amide bonds. The number of ether oxygens (including phenoxy) is 1. The van der Waals surface area contributed by atoms with Crippen molar-refractivity contribution in [3.8, 4) is 0 Å². The molecule has 78 valence electrons. The first kappa shape index (κ1) is 12.5. The number of esters is 1. The molecule has 0 aliphatic heterocycles. The molecule has 0 heterocycles. The van der Waals surface area contributed by atoms with E-state index in [-0.39, 0.29) is 11.4 Å². The van der Waals surface area contributed by atoms with Gasteiger partial charge in [0.2, 0.25) is 0 Å². The van der Waals surface area contributed by atoms with Crippen LogP contribution in [0.2, 0.25) is 0 Å². The Hall–Kier alpha value is -0.530. The Balaban J connectivity index is 3.38. The van der Waals surface area contributed by atoms with Crippen molar-refractivity contribution in [1.29, 1.82) is 0 Å². The molecule has 0 fully saturated rings. The van der Waals surface area contributed by atoms with Gasteiger partial charge in [-0.2, -0.15) is 0 Å². The molecule has 0 spiro atoms. The van der Waals surface area contributed by atoms with Crippen LogP contribution in [0.25, 0.3) is 0 Å². The van der Waals surface area contributed by atoms with Gasteiger partial charge in [0.1, 0.15) is 0 Å². The SMILES string of the molecule is CCCCCCOC(=O)C(C)(C)C. The van der Waals surface area contributed by atoms with Crippen molar-refractivity contribution >= 4 is 5.97 Å². The summed E-state index contributed by atoms with van der Waals surface area (Å²) in [5, 5.41) is 0. The molecule has 13 heavy (non-hydrogen) atoms. The van der Waals surface area contributed by atoms with Crippen LogP contribution in [0.1, 0.15) is 53.4 Å². The highest BCUT2D eigenvalue weighted by Crippen LogP contribution is 2.15. The molecule has 0 saturated heterocycles. The maximum Gasteiger partial charge on any atom is 0.311 e. The minimum absolute atomic E-state index is 0.0935. The van der Waals surface area contributed by atoms with Gasteiger partial charge >= 0.3 is 5.97 Å². The number of hydrogen-bond acceptors (Lipinski definition) is 2. The second-order valence-electron chi connectivity index (χ2n) is 4.45. The van der Waals surface area contributed by atoms with E-state index in [1.54, 1.807) is 0 Å². The van der Waals surface area contributed by atoms with E-state index >= 15 is 0 Å². The summed E-state index contributed by atoms with van der Waals surface area (Å²) in [7, 11) is 0. The van der Waals surface area contributed by atoms with E-state index in [1.165, 1.54) is 12.8 Å². The van der Waals surface area contributed by atoms with Crippen molar-refractivity contribution in [3.63, 3.8) is 0 Å². The lowest BCUT2D eigenvalue weighted by Crippen LogP contribution is -2.23. The molecule has 0 unspecified atom stereocenters. The second-order valence-corrected chi connectivity index (χ2v) is 4.45. The topological polar surface area (TPSA) is 26.3 Å². The molecule has 0 atom stereocenters. The molecule has 0 rings (SSSR count). The fourth-order valence-corrected chi connectivity index (χ4v) is 0.910. The van der Waals surface area contributed by atoms with Gasteiger partial charge in [0.05, 0.1) is 12.0 Å². The van der Waals surface area contributed by atoms with Gasteiger partial charge in [0.15, 0.2) is 0 Å². The zero-order valence-electron chi connectivity index (χ0n) is 9.35. The largest absolute Gasteiger partial charge is 0.465 e. The van der Waals surface area contributed by atoms with Gasteiger partial charge in [-0.25, -0.2) is 0 Å². The zero-order chi connectivity index (χ0) is 10.3. The molecule has 0 N–H and O–H groups in total. The van der Waals surface area contributed by atoms with Gasteiger partial charge < -0.3 is 4.74 Å². The van der Waals surface area contributed by atoms with E-state index in [1.807, 2.05) is 20.8 Å². The summed E-state index contributed by atoms with van der Waals surface area (Å²) in [6, 6.07) is 0. The summed E-state index contributed by atoms with van der Waals surface area (Å²) in [4.78, 5) is 11.3. The van der Waals surface area contributed by atoms with Crippen LogP contribution in [-0.2, 0) is 9.53 Å². The lowest BCUT2D eigenvalue weighted by Gasteiger charge is -2.16. The Bertz CT molecular complexity index is 145. The summed E-state index contributed by atoms with van der Waals surface area (Å²) in [5.41, 5.74) is -0.356. The molecule has 0 aromatic heterocycles. The van der Waals surface area contributed by atoms with E-state index in [0.29, 0.717) is 6.61 Å². The third kappa shape index (κ3) is 6.62. The van der Waals surface area contributed by atoms with Crippen LogP contribution in [0.15, 0.2) is 0 Å². The fraction of sp³-hybridized carbons (Fsp3) is 0.909. The first-order valence-corrected chi connectivity index (χ1v) is 5.15. The highest BCUT2D eigenvalue weighted by Gasteiger charge is 2.22. The zero-order valence-corrected chi connectivity index (χ0v) is 9.35. The Kier molecular flexibility index (Phi) is 5.76. The molecular formula is C11H22O2. The number of rotatable bonds is 5. The molecule has 0 bridgehead atoms. The average molecular weight is 186 g/mol. The summed E-state index contributed by atoms with van der Waals surface area (Å²) in [6.07, 6.45) is 4.60. The van der Waals surface area contributed by atoms with Crippen molar-refractivity contribution < 1.29 is 9.53 Å². The summed E-state index contributed by atoms with van der Waals surface area (Å²) in [6.45, 7) is 8.38. The Morgan fingerprint density at radius 3 is 2.23 bits per heavy atom. The smallest absolute Gasteiger partial charge is 0.311 e. The number of hydrogen-bond donors (Lipinski definition) is 0. The monoisotopic (exact) mass is 186 g/mol.